The van der Waals surface area contributed by atoms with Gasteiger partial charge in [-0.3, -0.25) is 0 Å². The monoisotopic (exact) mass is 139 g/mol. The first kappa shape index (κ1) is 7.37. The van der Waals surface area contributed by atoms with Gasteiger partial charge in [0.25, 0.3) is 0 Å². The Morgan fingerprint density at radius 3 is 2.60 bits per heavy atom. The Kier molecular flexibility index (Phi) is 2.14. The molecule has 3 N–H and O–H groups in total. The number of aromatic nitrogens is 1. The van der Waals surface area contributed by atoms with Crippen molar-refractivity contribution < 1.29 is 10.0 Å². The van der Waals surface area contributed by atoms with Gasteiger partial charge in [-0.2, -0.15) is 0 Å². The smallest absolute Gasteiger partial charge is 0.423 e. The molecule has 1 aromatic heterocycles. The van der Waals surface area contributed by atoms with Crippen molar-refractivity contribution in [2.75, 3.05) is 0 Å². The molecule has 0 aliphatic carbocycles. The van der Waals surface area contributed by atoms with Gasteiger partial charge in [0.2, 0.25) is 0 Å². The molecule has 0 aliphatic heterocycles. The average Bonchev–Trinajstić information content (AvgIpc) is 2.33. The van der Waals surface area contributed by atoms with Crippen LogP contribution in [-0.4, -0.2) is 22.2 Å². The third-order valence-electron chi connectivity index (χ3n) is 1.53. The summed E-state index contributed by atoms with van der Waals surface area (Å²) in [6.07, 6.45) is 4.19. The molecule has 0 saturated heterocycles. The molecule has 10 heavy (non-hydrogen) atoms. The highest BCUT2D eigenvalue weighted by atomic mass is 16.4. The topological polar surface area (TPSA) is 56.2 Å². The zero-order valence-corrected chi connectivity index (χ0v) is 5.83. The molecule has 0 spiro atoms. The van der Waals surface area contributed by atoms with Gasteiger partial charge in [-0.1, -0.05) is 6.92 Å². The largest absolute Gasteiger partial charge is 0.490 e. The lowest BCUT2D eigenvalue weighted by Gasteiger charge is -1.96. The minimum atomic E-state index is -1.35. The van der Waals surface area contributed by atoms with E-state index in [0.29, 0.717) is 5.46 Å². The van der Waals surface area contributed by atoms with Crippen LogP contribution in [0.2, 0.25) is 0 Å². The zero-order chi connectivity index (χ0) is 7.56. The van der Waals surface area contributed by atoms with Gasteiger partial charge in [-0.05, 0) is 12.0 Å². The molecule has 4 heteroatoms. The summed E-state index contributed by atoms with van der Waals surface area (Å²) in [6.45, 7) is 1.97. The predicted molar refractivity (Wildman–Crippen MR) is 40.0 cm³/mol. The Hall–Kier alpha value is -0.735. The maximum Gasteiger partial charge on any atom is 0.490 e. The molecular formula is C6H10BNO2. The lowest BCUT2D eigenvalue weighted by atomic mass is 9.79. The van der Waals surface area contributed by atoms with Gasteiger partial charge >= 0.3 is 7.12 Å². The number of nitrogens with one attached hydrogen (secondary N) is 1. The van der Waals surface area contributed by atoms with E-state index in [9.17, 15) is 0 Å². The van der Waals surface area contributed by atoms with Gasteiger partial charge in [-0.25, -0.2) is 0 Å². The third kappa shape index (κ3) is 1.22. The van der Waals surface area contributed by atoms with E-state index in [1.165, 1.54) is 0 Å². The van der Waals surface area contributed by atoms with Crippen LogP contribution in [0.4, 0.5) is 0 Å². The van der Waals surface area contributed by atoms with Crippen LogP contribution in [0, 0.1) is 0 Å². The van der Waals surface area contributed by atoms with Crippen molar-refractivity contribution in [3.8, 4) is 0 Å². The van der Waals surface area contributed by atoms with Gasteiger partial charge in [0, 0.05) is 17.9 Å². The Bertz CT molecular complexity index is 209. The first-order chi connectivity index (χ1) is 4.75. The number of aryl methyl sites for hydroxylation is 1. The molecule has 0 atom stereocenters. The quantitative estimate of drug-likeness (QED) is 0.472. The van der Waals surface area contributed by atoms with Crippen LogP contribution in [0.1, 0.15) is 12.5 Å². The van der Waals surface area contributed by atoms with E-state index in [4.69, 9.17) is 10.0 Å². The summed E-state index contributed by atoms with van der Waals surface area (Å²) < 4.78 is 0. The second kappa shape index (κ2) is 2.90. The van der Waals surface area contributed by atoms with Crippen LogP contribution in [0.3, 0.4) is 0 Å². The molecule has 54 valence electrons. The molecule has 0 saturated carbocycles. The Labute approximate surface area is 59.9 Å². The molecule has 0 bridgehead atoms. The summed E-state index contributed by atoms with van der Waals surface area (Å²) in [5, 5.41) is 17.5. The molecule has 0 amide bonds. The summed E-state index contributed by atoms with van der Waals surface area (Å²) in [6, 6.07) is 0. The van der Waals surface area contributed by atoms with Crippen LogP contribution in [0.25, 0.3) is 0 Å². The third-order valence-corrected chi connectivity index (χ3v) is 1.53. The first-order valence-corrected chi connectivity index (χ1v) is 3.27. The highest BCUT2D eigenvalue weighted by Gasteiger charge is 2.14. The molecule has 0 aliphatic rings. The summed E-state index contributed by atoms with van der Waals surface area (Å²) in [5.74, 6) is 0. The van der Waals surface area contributed by atoms with Gasteiger partial charge < -0.3 is 15.0 Å². The number of aromatic amines is 1. The first-order valence-electron chi connectivity index (χ1n) is 3.27. The molecule has 1 rings (SSSR count). The fourth-order valence-corrected chi connectivity index (χ4v) is 0.955. The Morgan fingerprint density at radius 2 is 2.20 bits per heavy atom. The lowest BCUT2D eigenvalue weighted by molar-refractivity contribution is 0.425. The minimum absolute atomic E-state index is 0.572. The van der Waals surface area contributed by atoms with E-state index < -0.39 is 7.12 Å². The normalized spacial score (nSPS) is 9.90. The number of hydrogen-bond acceptors (Lipinski definition) is 2. The Balaban J connectivity index is 2.90. The van der Waals surface area contributed by atoms with E-state index >= 15 is 0 Å². The summed E-state index contributed by atoms with van der Waals surface area (Å²) in [7, 11) is -1.35. The molecule has 0 unspecified atom stereocenters. The molecule has 0 aromatic carbocycles. The molecule has 0 radical (unpaired) electrons. The van der Waals surface area contributed by atoms with E-state index in [0.717, 1.165) is 12.0 Å². The van der Waals surface area contributed by atoms with Gasteiger partial charge in [0.1, 0.15) is 0 Å². The van der Waals surface area contributed by atoms with Gasteiger partial charge in [-0.15, -0.1) is 0 Å². The lowest BCUT2D eigenvalue weighted by Crippen LogP contribution is -2.31. The maximum absolute atomic E-state index is 8.76. The van der Waals surface area contributed by atoms with Crippen molar-refractivity contribution in [1.29, 1.82) is 0 Å². The van der Waals surface area contributed by atoms with Crippen molar-refractivity contribution in [3.63, 3.8) is 0 Å². The van der Waals surface area contributed by atoms with E-state index in [1.807, 2.05) is 6.92 Å². The highest BCUT2D eigenvalue weighted by molar-refractivity contribution is 6.59. The fourth-order valence-electron chi connectivity index (χ4n) is 0.955. The van der Waals surface area contributed by atoms with E-state index in [1.54, 1.807) is 12.4 Å². The molecule has 1 heterocycles. The van der Waals surface area contributed by atoms with Crippen molar-refractivity contribution in [3.05, 3.63) is 18.0 Å². The number of hydrogen-bond donors (Lipinski definition) is 3. The molecule has 0 fully saturated rings. The maximum atomic E-state index is 8.76. The summed E-state index contributed by atoms with van der Waals surface area (Å²) >= 11 is 0. The SMILES string of the molecule is CCc1c[nH]cc1B(O)O. The highest BCUT2D eigenvalue weighted by Crippen LogP contribution is 1.94. The Morgan fingerprint density at radius 1 is 1.50 bits per heavy atom. The van der Waals surface area contributed by atoms with E-state index in [2.05, 4.69) is 4.98 Å². The molecule has 1 aromatic rings. The van der Waals surface area contributed by atoms with Crippen molar-refractivity contribution >= 4 is 12.6 Å². The van der Waals surface area contributed by atoms with Crippen LogP contribution in [-0.2, 0) is 6.42 Å². The van der Waals surface area contributed by atoms with Gasteiger partial charge in [0.05, 0.1) is 0 Å². The number of rotatable bonds is 2. The van der Waals surface area contributed by atoms with Crippen molar-refractivity contribution in [1.82, 2.24) is 4.98 Å². The second-order valence-electron chi connectivity index (χ2n) is 2.16. The van der Waals surface area contributed by atoms with Crippen LogP contribution in [0.5, 0.6) is 0 Å². The van der Waals surface area contributed by atoms with Gasteiger partial charge in [0.15, 0.2) is 0 Å². The fraction of sp³-hybridized carbons (Fsp3) is 0.333. The van der Waals surface area contributed by atoms with Crippen LogP contribution < -0.4 is 5.46 Å². The van der Waals surface area contributed by atoms with Crippen molar-refractivity contribution in [2.45, 2.75) is 13.3 Å². The molecule has 3 nitrogen and oxygen atoms in total. The number of H-pyrrole nitrogens is 1. The summed E-state index contributed by atoms with van der Waals surface area (Å²) in [4.78, 5) is 2.81. The van der Waals surface area contributed by atoms with Crippen LogP contribution >= 0.6 is 0 Å². The molecular weight excluding hydrogens is 129 g/mol. The van der Waals surface area contributed by atoms with Crippen LogP contribution in [0.15, 0.2) is 12.4 Å². The van der Waals surface area contributed by atoms with E-state index in [-0.39, 0.29) is 0 Å². The average molecular weight is 139 g/mol. The van der Waals surface area contributed by atoms with Crippen molar-refractivity contribution in [2.24, 2.45) is 0 Å². The summed E-state index contributed by atoms with van der Waals surface area (Å²) in [5.41, 5.74) is 1.53. The predicted octanol–water partition coefficient (Wildman–Crippen LogP) is -0.743. The zero-order valence-electron chi connectivity index (χ0n) is 5.83. The standard InChI is InChI=1S/C6H10BNO2/c1-2-5-3-8-4-6(5)7(9)10/h3-4,8-10H,2H2,1H3. The minimum Gasteiger partial charge on any atom is -0.423 e. The second-order valence-corrected chi connectivity index (χ2v) is 2.16.